The number of hydrogen-bond donors (Lipinski definition) is 2. The molecule has 16 heavy (non-hydrogen) atoms. The molecule has 0 aliphatic rings. The summed E-state index contributed by atoms with van der Waals surface area (Å²) < 4.78 is 0. The summed E-state index contributed by atoms with van der Waals surface area (Å²) in [5.74, 6) is -0.251. The van der Waals surface area contributed by atoms with Crippen molar-refractivity contribution in [2.45, 2.75) is 25.8 Å². The molecule has 0 saturated carbocycles. The molecule has 0 aliphatic heterocycles. The van der Waals surface area contributed by atoms with Gasteiger partial charge in [0.2, 0.25) is 0 Å². The molecule has 0 aliphatic carbocycles. The number of amides is 1. The van der Waals surface area contributed by atoms with E-state index in [1.54, 1.807) is 6.07 Å². The van der Waals surface area contributed by atoms with E-state index in [4.69, 9.17) is 16.7 Å². The summed E-state index contributed by atoms with van der Waals surface area (Å²) in [5, 5.41) is 12.0. The number of hydrogen-bond acceptors (Lipinski definition) is 3. The minimum Gasteiger partial charge on any atom is -0.396 e. The molecule has 1 unspecified atom stereocenters. The lowest BCUT2D eigenvalue weighted by molar-refractivity contribution is 0.0929. The number of aromatic nitrogens is 1. The van der Waals surface area contributed by atoms with Gasteiger partial charge >= 0.3 is 0 Å². The summed E-state index contributed by atoms with van der Waals surface area (Å²) in [7, 11) is 0. The van der Waals surface area contributed by atoms with Crippen LogP contribution in [-0.4, -0.2) is 28.6 Å². The number of nitrogens with one attached hydrogen (secondary N) is 1. The van der Waals surface area contributed by atoms with Gasteiger partial charge in [0.1, 0.15) is 0 Å². The highest BCUT2D eigenvalue weighted by Gasteiger charge is 2.14. The molecule has 1 rings (SSSR count). The van der Waals surface area contributed by atoms with Gasteiger partial charge in [-0.15, -0.1) is 0 Å². The molecule has 88 valence electrons. The first-order chi connectivity index (χ1) is 7.69. The van der Waals surface area contributed by atoms with Crippen LogP contribution in [-0.2, 0) is 0 Å². The lowest BCUT2D eigenvalue weighted by Crippen LogP contribution is -2.35. The Kier molecular flexibility index (Phi) is 5.22. The van der Waals surface area contributed by atoms with Gasteiger partial charge in [0.25, 0.3) is 5.91 Å². The minimum atomic E-state index is -0.251. The third kappa shape index (κ3) is 3.47. The zero-order valence-corrected chi connectivity index (χ0v) is 9.87. The predicted octanol–water partition coefficient (Wildman–Crippen LogP) is 1.63. The fraction of sp³-hybridized carbons (Fsp3) is 0.455. The average Bonchev–Trinajstić information content (AvgIpc) is 2.28. The summed E-state index contributed by atoms with van der Waals surface area (Å²) >= 11 is 5.87. The first-order valence-corrected chi connectivity index (χ1v) is 5.58. The second-order valence-corrected chi connectivity index (χ2v) is 3.85. The number of pyridine rings is 1. The molecule has 0 saturated heterocycles. The predicted molar refractivity (Wildman–Crippen MR) is 62.5 cm³/mol. The number of carbonyl (C=O) groups excluding carboxylic acids is 1. The number of rotatable bonds is 5. The second kappa shape index (κ2) is 6.45. The molecular formula is C11H15ClN2O2. The van der Waals surface area contributed by atoms with Crippen molar-refractivity contribution in [2.75, 3.05) is 6.61 Å². The molecule has 5 heteroatoms. The van der Waals surface area contributed by atoms with E-state index in [2.05, 4.69) is 10.3 Å². The molecule has 0 spiro atoms. The third-order valence-electron chi connectivity index (χ3n) is 2.32. The van der Waals surface area contributed by atoms with Crippen LogP contribution in [0.15, 0.2) is 18.5 Å². The molecule has 0 fully saturated rings. The van der Waals surface area contributed by atoms with Crippen molar-refractivity contribution in [3.63, 3.8) is 0 Å². The van der Waals surface area contributed by atoms with E-state index in [0.29, 0.717) is 17.0 Å². The third-order valence-corrected chi connectivity index (χ3v) is 2.65. The largest absolute Gasteiger partial charge is 0.396 e. The summed E-state index contributed by atoms with van der Waals surface area (Å²) in [6.45, 7) is 2.00. The topological polar surface area (TPSA) is 62.2 Å². The first-order valence-electron chi connectivity index (χ1n) is 5.20. The number of aliphatic hydroxyl groups is 1. The van der Waals surface area contributed by atoms with Crippen LogP contribution < -0.4 is 5.32 Å². The van der Waals surface area contributed by atoms with Gasteiger partial charge in [-0.3, -0.25) is 9.78 Å². The highest BCUT2D eigenvalue weighted by Crippen LogP contribution is 2.13. The maximum Gasteiger partial charge on any atom is 0.254 e. The van der Waals surface area contributed by atoms with Crippen molar-refractivity contribution in [3.8, 4) is 0 Å². The maximum atomic E-state index is 11.8. The van der Waals surface area contributed by atoms with Gasteiger partial charge in [-0.2, -0.15) is 0 Å². The van der Waals surface area contributed by atoms with Gasteiger partial charge in [-0.25, -0.2) is 0 Å². The van der Waals surface area contributed by atoms with Crippen molar-refractivity contribution in [3.05, 3.63) is 29.0 Å². The van der Waals surface area contributed by atoms with E-state index in [1.807, 2.05) is 6.92 Å². The Morgan fingerprint density at radius 2 is 2.44 bits per heavy atom. The van der Waals surface area contributed by atoms with Crippen LogP contribution in [0.3, 0.4) is 0 Å². The van der Waals surface area contributed by atoms with Crippen LogP contribution in [0.5, 0.6) is 0 Å². The van der Waals surface area contributed by atoms with E-state index in [1.165, 1.54) is 12.4 Å². The molecule has 1 heterocycles. The van der Waals surface area contributed by atoms with Gasteiger partial charge in [0.15, 0.2) is 0 Å². The minimum absolute atomic E-state index is 0.0335. The van der Waals surface area contributed by atoms with Crippen LogP contribution in [0.25, 0.3) is 0 Å². The highest BCUT2D eigenvalue weighted by atomic mass is 35.5. The lowest BCUT2D eigenvalue weighted by atomic mass is 10.1. The number of aliphatic hydroxyl groups excluding tert-OH is 1. The second-order valence-electron chi connectivity index (χ2n) is 3.45. The van der Waals surface area contributed by atoms with Crippen LogP contribution >= 0.6 is 11.6 Å². The van der Waals surface area contributed by atoms with E-state index in [-0.39, 0.29) is 18.6 Å². The Balaban J connectivity index is 2.68. The Bertz CT molecular complexity index is 358. The first kappa shape index (κ1) is 12.9. The molecule has 1 amide bonds. The SMILES string of the molecule is CCC(CCO)NC(=O)c1cnccc1Cl. The average molecular weight is 243 g/mol. The molecule has 0 radical (unpaired) electrons. The molecular weight excluding hydrogens is 228 g/mol. The summed E-state index contributed by atoms with van der Waals surface area (Å²) in [5.41, 5.74) is 0.362. The number of carbonyl (C=O) groups is 1. The van der Waals surface area contributed by atoms with Crippen molar-refractivity contribution < 1.29 is 9.90 Å². The number of nitrogens with zero attached hydrogens (tertiary/aromatic N) is 1. The van der Waals surface area contributed by atoms with Gasteiger partial charge in [0.05, 0.1) is 10.6 Å². The molecule has 4 nitrogen and oxygen atoms in total. The quantitative estimate of drug-likeness (QED) is 0.825. The van der Waals surface area contributed by atoms with Gasteiger partial charge in [-0.05, 0) is 18.9 Å². The monoisotopic (exact) mass is 242 g/mol. The van der Waals surface area contributed by atoms with Gasteiger partial charge < -0.3 is 10.4 Å². The Labute approximate surface area is 99.6 Å². The van der Waals surface area contributed by atoms with Crippen molar-refractivity contribution in [2.24, 2.45) is 0 Å². The zero-order chi connectivity index (χ0) is 12.0. The van der Waals surface area contributed by atoms with Crippen molar-refractivity contribution in [1.82, 2.24) is 10.3 Å². The molecule has 0 bridgehead atoms. The molecule has 2 N–H and O–H groups in total. The fourth-order valence-corrected chi connectivity index (χ4v) is 1.53. The van der Waals surface area contributed by atoms with E-state index in [0.717, 1.165) is 6.42 Å². The van der Waals surface area contributed by atoms with Gasteiger partial charge in [0, 0.05) is 25.0 Å². The van der Waals surface area contributed by atoms with Crippen LogP contribution in [0.1, 0.15) is 30.1 Å². The van der Waals surface area contributed by atoms with Gasteiger partial charge in [-0.1, -0.05) is 18.5 Å². The Morgan fingerprint density at radius 3 is 3.00 bits per heavy atom. The van der Waals surface area contributed by atoms with Crippen LogP contribution in [0, 0.1) is 0 Å². The summed E-state index contributed by atoms with van der Waals surface area (Å²) in [6, 6.07) is 1.54. The molecule has 1 aromatic heterocycles. The molecule has 1 atom stereocenters. The van der Waals surface area contributed by atoms with Crippen molar-refractivity contribution >= 4 is 17.5 Å². The van der Waals surface area contributed by atoms with Crippen LogP contribution in [0.4, 0.5) is 0 Å². The summed E-state index contributed by atoms with van der Waals surface area (Å²) in [4.78, 5) is 15.6. The molecule has 1 aromatic rings. The zero-order valence-electron chi connectivity index (χ0n) is 9.11. The Hall–Kier alpha value is -1.13. The fourth-order valence-electron chi connectivity index (χ4n) is 1.34. The van der Waals surface area contributed by atoms with E-state index in [9.17, 15) is 4.79 Å². The Morgan fingerprint density at radius 1 is 1.69 bits per heavy atom. The maximum absolute atomic E-state index is 11.8. The highest BCUT2D eigenvalue weighted by molar-refractivity contribution is 6.33. The number of halogens is 1. The summed E-state index contributed by atoms with van der Waals surface area (Å²) in [6.07, 6.45) is 4.28. The normalized spacial score (nSPS) is 12.2. The molecule has 0 aromatic carbocycles. The van der Waals surface area contributed by atoms with E-state index >= 15 is 0 Å². The smallest absolute Gasteiger partial charge is 0.254 e. The van der Waals surface area contributed by atoms with E-state index < -0.39 is 0 Å². The van der Waals surface area contributed by atoms with Crippen molar-refractivity contribution in [1.29, 1.82) is 0 Å². The lowest BCUT2D eigenvalue weighted by Gasteiger charge is -2.15. The standard InChI is InChI=1S/C11H15ClN2O2/c1-2-8(4-6-15)14-11(16)9-7-13-5-3-10(9)12/h3,5,7-8,15H,2,4,6H2,1H3,(H,14,16). The van der Waals surface area contributed by atoms with Crippen LogP contribution in [0.2, 0.25) is 5.02 Å².